The number of amides is 2. The van der Waals surface area contributed by atoms with E-state index >= 15 is 0 Å². The van der Waals surface area contributed by atoms with Gasteiger partial charge in [-0.2, -0.15) is 0 Å². The molecular weight excluding hydrogens is 296 g/mol. The molecule has 0 saturated carbocycles. The van der Waals surface area contributed by atoms with E-state index in [1.807, 2.05) is 24.3 Å². The molecule has 3 aromatic carbocycles. The van der Waals surface area contributed by atoms with Gasteiger partial charge < -0.3 is 10.6 Å². The lowest BCUT2D eigenvalue weighted by Crippen LogP contribution is -2.29. The summed E-state index contributed by atoms with van der Waals surface area (Å²) in [6.07, 6.45) is 2.06. The maximum Gasteiger partial charge on any atom is 0.319 e. The average Bonchev–Trinajstić information content (AvgIpc) is 2.62. The van der Waals surface area contributed by atoms with Crippen molar-refractivity contribution in [2.45, 2.75) is 19.8 Å². The number of rotatable bonds is 5. The van der Waals surface area contributed by atoms with E-state index in [2.05, 4.69) is 60.0 Å². The van der Waals surface area contributed by atoms with Gasteiger partial charge in [0.25, 0.3) is 0 Å². The minimum atomic E-state index is -0.152. The van der Waals surface area contributed by atoms with Crippen molar-refractivity contribution in [3.63, 3.8) is 0 Å². The maximum absolute atomic E-state index is 11.8. The standard InChI is InChI=1S/C21H22N2O/c1-2-3-15-22-21(24)23-18-13-11-17(12-14-18)20-10-6-8-16-7-4-5-9-19(16)20/h4-14H,2-3,15H2,1H3,(H2,22,23,24). The highest BCUT2D eigenvalue weighted by Crippen LogP contribution is 2.29. The van der Waals surface area contributed by atoms with Gasteiger partial charge in [-0.05, 0) is 40.5 Å². The van der Waals surface area contributed by atoms with Gasteiger partial charge in [-0.1, -0.05) is 67.9 Å². The molecule has 2 amide bonds. The Morgan fingerprint density at radius 3 is 2.46 bits per heavy atom. The predicted octanol–water partition coefficient (Wildman–Crippen LogP) is 5.43. The first kappa shape index (κ1) is 16.1. The van der Waals surface area contributed by atoms with E-state index in [0.29, 0.717) is 6.54 Å². The second-order valence-electron chi connectivity index (χ2n) is 5.84. The zero-order chi connectivity index (χ0) is 16.8. The number of nitrogens with one attached hydrogen (secondary N) is 2. The third kappa shape index (κ3) is 3.74. The zero-order valence-electron chi connectivity index (χ0n) is 13.9. The second kappa shape index (κ2) is 7.64. The number of carbonyl (C=O) groups excluding carboxylic acids is 1. The van der Waals surface area contributed by atoms with Crippen molar-refractivity contribution in [3.05, 3.63) is 66.7 Å². The SMILES string of the molecule is CCCCNC(=O)Nc1ccc(-c2cccc3ccccc23)cc1. The Morgan fingerprint density at radius 2 is 1.67 bits per heavy atom. The van der Waals surface area contributed by atoms with Crippen LogP contribution in [0.1, 0.15) is 19.8 Å². The summed E-state index contributed by atoms with van der Waals surface area (Å²) >= 11 is 0. The molecule has 0 spiro atoms. The van der Waals surface area contributed by atoms with Crippen LogP contribution < -0.4 is 10.6 Å². The molecule has 3 aromatic rings. The Morgan fingerprint density at radius 1 is 0.917 bits per heavy atom. The molecule has 3 nitrogen and oxygen atoms in total. The number of unbranched alkanes of at least 4 members (excludes halogenated alkanes) is 1. The van der Waals surface area contributed by atoms with E-state index in [1.165, 1.54) is 16.3 Å². The smallest absolute Gasteiger partial charge is 0.319 e. The molecular formula is C21H22N2O. The van der Waals surface area contributed by atoms with E-state index in [4.69, 9.17) is 0 Å². The van der Waals surface area contributed by atoms with Gasteiger partial charge in [-0.3, -0.25) is 0 Å². The first-order valence-electron chi connectivity index (χ1n) is 8.41. The number of anilines is 1. The largest absolute Gasteiger partial charge is 0.338 e. The number of benzene rings is 3. The Bertz CT molecular complexity index is 819. The lowest BCUT2D eigenvalue weighted by atomic mass is 9.98. The van der Waals surface area contributed by atoms with Gasteiger partial charge in [0.2, 0.25) is 0 Å². The molecule has 0 heterocycles. The predicted molar refractivity (Wildman–Crippen MR) is 101 cm³/mol. The Labute approximate surface area is 142 Å². The molecule has 0 unspecified atom stereocenters. The number of fused-ring (bicyclic) bond motifs is 1. The summed E-state index contributed by atoms with van der Waals surface area (Å²) in [4.78, 5) is 11.8. The third-order valence-corrected chi connectivity index (χ3v) is 4.06. The van der Waals surface area contributed by atoms with Crippen LogP contribution in [0, 0.1) is 0 Å². The van der Waals surface area contributed by atoms with Crippen LogP contribution in [-0.2, 0) is 0 Å². The first-order valence-corrected chi connectivity index (χ1v) is 8.41. The molecule has 0 aliphatic heterocycles. The minimum absolute atomic E-state index is 0.152. The summed E-state index contributed by atoms with van der Waals surface area (Å²) in [6, 6.07) is 22.5. The van der Waals surface area contributed by atoms with Gasteiger partial charge in [-0.25, -0.2) is 4.79 Å². The Balaban J connectivity index is 1.75. The molecule has 3 rings (SSSR count). The summed E-state index contributed by atoms with van der Waals surface area (Å²) in [5.41, 5.74) is 3.14. The zero-order valence-corrected chi connectivity index (χ0v) is 13.9. The fraction of sp³-hybridized carbons (Fsp3) is 0.190. The van der Waals surface area contributed by atoms with Gasteiger partial charge in [0.15, 0.2) is 0 Å². The summed E-state index contributed by atoms with van der Waals surface area (Å²) in [5, 5.41) is 8.18. The highest BCUT2D eigenvalue weighted by Gasteiger charge is 2.05. The van der Waals surface area contributed by atoms with E-state index in [1.54, 1.807) is 0 Å². The third-order valence-electron chi connectivity index (χ3n) is 4.06. The van der Waals surface area contributed by atoms with Gasteiger partial charge in [0.1, 0.15) is 0 Å². The van der Waals surface area contributed by atoms with Crippen molar-refractivity contribution in [1.82, 2.24) is 5.32 Å². The molecule has 0 aliphatic rings. The highest BCUT2D eigenvalue weighted by atomic mass is 16.2. The number of urea groups is 1. The normalized spacial score (nSPS) is 10.5. The Hall–Kier alpha value is -2.81. The maximum atomic E-state index is 11.8. The van der Waals surface area contributed by atoms with Crippen LogP contribution in [0.4, 0.5) is 10.5 Å². The fourth-order valence-electron chi connectivity index (χ4n) is 2.76. The van der Waals surface area contributed by atoms with Crippen molar-refractivity contribution in [2.24, 2.45) is 0 Å². The highest BCUT2D eigenvalue weighted by molar-refractivity contribution is 5.97. The fourth-order valence-corrected chi connectivity index (χ4v) is 2.76. The quantitative estimate of drug-likeness (QED) is 0.605. The van der Waals surface area contributed by atoms with Gasteiger partial charge >= 0.3 is 6.03 Å². The summed E-state index contributed by atoms with van der Waals surface area (Å²) in [5.74, 6) is 0. The lowest BCUT2D eigenvalue weighted by molar-refractivity contribution is 0.252. The van der Waals surface area contributed by atoms with Crippen LogP contribution in [0.5, 0.6) is 0 Å². The molecule has 0 aliphatic carbocycles. The monoisotopic (exact) mass is 318 g/mol. The molecule has 24 heavy (non-hydrogen) atoms. The van der Waals surface area contributed by atoms with Crippen molar-refractivity contribution in [2.75, 3.05) is 11.9 Å². The topological polar surface area (TPSA) is 41.1 Å². The van der Waals surface area contributed by atoms with Crippen LogP contribution >= 0.6 is 0 Å². The van der Waals surface area contributed by atoms with E-state index in [0.717, 1.165) is 24.1 Å². The lowest BCUT2D eigenvalue weighted by Gasteiger charge is -2.10. The van der Waals surface area contributed by atoms with Crippen molar-refractivity contribution in [3.8, 4) is 11.1 Å². The summed E-state index contributed by atoms with van der Waals surface area (Å²) in [6.45, 7) is 2.81. The van der Waals surface area contributed by atoms with Crippen LogP contribution in [0.25, 0.3) is 21.9 Å². The molecule has 0 fully saturated rings. The molecule has 0 atom stereocenters. The second-order valence-corrected chi connectivity index (χ2v) is 5.84. The summed E-state index contributed by atoms with van der Waals surface area (Å²) in [7, 11) is 0. The summed E-state index contributed by atoms with van der Waals surface area (Å²) < 4.78 is 0. The van der Waals surface area contributed by atoms with Crippen LogP contribution in [0.2, 0.25) is 0 Å². The van der Waals surface area contributed by atoms with Crippen molar-refractivity contribution < 1.29 is 4.79 Å². The van der Waals surface area contributed by atoms with Crippen molar-refractivity contribution in [1.29, 1.82) is 0 Å². The van der Waals surface area contributed by atoms with Gasteiger partial charge in [0.05, 0.1) is 0 Å². The molecule has 3 heteroatoms. The van der Waals surface area contributed by atoms with Crippen LogP contribution in [0.3, 0.4) is 0 Å². The van der Waals surface area contributed by atoms with Gasteiger partial charge in [0, 0.05) is 12.2 Å². The van der Waals surface area contributed by atoms with Crippen LogP contribution in [0.15, 0.2) is 66.7 Å². The van der Waals surface area contributed by atoms with E-state index < -0.39 is 0 Å². The van der Waals surface area contributed by atoms with E-state index in [-0.39, 0.29) is 6.03 Å². The number of carbonyl (C=O) groups is 1. The number of hydrogen-bond acceptors (Lipinski definition) is 1. The van der Waals surface area contributed by atoms with Crippen LogP contribution in [-0.4, -0.2) is 12.6 Å². The molecule has 0 aromatic heterocycles. The molecule has 122 valence electrons. The molecule has 2 N–H and O–H groups in total. The van der Waals surface area contributed by atoms with E-state index in [9.17, 15) is 4.79 Å². The van der Waals surface area contributed by atoms with Gasteiger partial charge in [-0.15, -0.1) is 0 Å². The van der Waals surface area contributed by atoms with Crippen molar-refractivity contribution >= 4 is 22.5 Å². The minimum Gasteiger partial charge on any atom is -0.338 e. The average molecular weight is 318 g/mol. The molecule has 0 saturated heterocycles. The first-order chi connectivity index (χ1) is 11.8. The Kier molecular flexibility index (Phi) is 5.12. The molecule has 0 radical (unpaired) electrons. The number of hydrogen-bond donors (Lipinski definition) is 2. The molecule has 0 bridgehead atoms.